The lowest BCUT2D eigenvalue weighted by Crippen LogP contribution is -2.37. The molecule has 0 spiro atoms. The Labute approximate surface area is 120 Å². The summed E-state index contributed by atoms with van der Waals surface area (Å²) in [6.07, 6.45) is 3.90. The van der Waals surface area contributed by atoms with Gasteiger partial charge in [0, 0.05) is 12.1 Å². The van der Waals surface area contributed by atoms with Crippen LogP contribution in [-0.2, 0) is 0 Å². The molecule has 0 radical (unpaired) electrons. The fraction of sp³-hybridized carbons (Fsp3) is 0.625. The van der Waals surface area contributed by atoms with E-state index in [1.807, 2.05) is 6.07 Å². The fourth-order valence-corrected chi connectivity index (χ4v) is 3.09. The van der Waals surface area contributed by atoms with E-state index in [0.29, 0.717) is 19.3 Å². The number of benzene rings is 1. The maximum atomic E-state index is 9.74. The molecule has 1 fully saturated rings. The highest BCUT2D eigenvalue weighted by Crippen LogP contribution is 2.33. The third-order valence-corrected chi connectivity index (χ3v) is 4.20. The van der Waals surface area contributed by atoms with E-state index in [2.05, 4.69) is 24.4 Å². The summed E-state index contributed by atoms with van der Waals surface area (Å²) >= 11 is 0. The van der Waals surface area contributed by atoms with E-state index in [4.69, 9.17) is 9.47 Å². The summed E-state index contributed by atoms with van der Waals surface area (Å²) < 4.78 is 11.2. The molecule has 3 atom stereocenters. The van der Waals surface area contributed by atoms with Gasteiger partial charge in [-0.25, -0.2) is 0 Å². The van der Waals surface area contributed by atoms with E-state index >= 15 is 0 Å². The quantitative estimate of drug-likeness (QED) is 0.891. The van der Waals surface area contributed by atoms with Crippen molar-refractivity contribution in [2.75, 3.05) is 13.2 Å². The van der Waals surface area contributed by atoms with Crippen LogP contribution < -0.4 is 14.8 Å². The second-order valence-electron chi connectivity index (χ2n) is 5.81. The molecular weight excluding hydrogens is 254 g/mol. The Bertz CT molecular complexity index is 463. The number of ether oxygens (including phenoxy) is 2. The van der Waals surface area contributed by atoms with Gasteiger partial charge in [-0.3, -0.25) is 0 Å². The highest BCUT2D eigenvalue weighted by Gasteiger charge is 2.22. The third-order valence-electron chi connectivity index (χ3n) is 4.20. The van der Waals surface area contributed by atoms with Crippen molar-refractivity contribution in [2.24, 2.45) is 0 Å². The third kappa shape index (κ3) is 3.07. The Kier molecular flexibility index (Phi) is 4.13. The molecule has 110 valence electrons. The number of nitrogens with one attached hydrogen (secondary N) is 1. The summed E-state index contributed by atoms with van der Waals surface area (Å²) in [6.45, 7) is 3.40. The highest BCUT2D eigenvalue weighted by atomic mass is 16.6. The van der Waals surface area contributed by atoms with Crippen LogP contribution in [0.3, 0.4) is 0 Å². The predicted molar refractivity (Wildman–Crippen MR) is 77.2 cm³/mol. The molecule has 3 rings (SSSR count). The van der Waals surface area contributed by atoms with Crippen molar-refractivity contribution >= 4 is 0 Å². The largest absolute Gasteiger partial charge is 0.486 e. The van der Waals surface area contributed by atoms with Crippen molar-refractivity contribution < 1.29 is 14.6 Å². The average molecular weight is 277 g/mol. The molecule has 4 nitrogen and oxygen atoms in total. The van der Waals surface area contributed by atoms with E-state index in [0.717, 1.165) is 37.2 Å². The molecule has 0 saturated heterocycles. The van der Waals surface area contributed by atoms with Crippen LogP contribution in [-0.4, -0.2) is 30.5 Å². The molecule has 0 amide bonds. The van der Waals surface area contributed by atoms with Crippen molar-refractivity contribution in [1.29, 1.82) is 0 Å². The highest BCUT2D eigenvalue weighted by molar-refractivity contribution is 5.44. The zero-order valence-electron chi connectivity index (χ0n) is 12.0. The van der Waals surface area contributed by atoms with E-state index in [1.165, 1.54) is 5.56 Å². The monoisotopic (exact) mass is 277 g/mol. The van der Waals surface area contributed by atoms with Gasteiger partial charge in [0.15, 0.2) is 11.5 Å². The summed E-state index contributed by atoms with van der Waals surface area (Å²) in [7, 11) is 0. The summed E-state index contributed by atoms with van der Waals surface area (Å²) in [6, 6.07) is 6.79. The predicted octanol–water partition coefficient (Wildman–Crippen LogP) is 2.41. The first-order valence-electron chi connectivity index (χ1n) is 7.56. The van der Waals surface area contributed by atoms with Crippen LogP contribution in [0.5, 0.6) is 11.5 Å². The van der Waals surface area contributed by atoms with Crippen LogP contribution in [0.15, 0.2) is 18.2 Å². The minimum atomic E-state index is -0.145. The van der Waals surface area contributed by atoms with Crippen molar-refractivity contribution in [3.8, 4) is 11.5 Å². The van der Waals surface area contributed by atoms with Crippen LogP contribution in [0.2, 0.25) is 0 Å². The van der Waals surface area contributed by atoms with Gasteiger partial charge in [-0.05, 0) is 50.3 Å². The van der Waals surface area contributed by atoms with Crippen LogP contribution in [0.4, 0.5) is 0 Å². The Morgan fingerprint density at radius 3 is 2.80 bits per heavy atom. The van der Waals surface area contributed by atoms with Gasteiger partial charge in [0.05, 0.1) is 6.10 Å². The van der Waals surface area contributed by atoms with Gasteiger partial charge in [-0.1, -0.05) is 6.07 Å². The molecule has 1 saturated carbocycles. The molecule has 1 aromatic carbocycles. The molecule has 3 unspecified atom stereocenters. The Morgan fingerprint density at radius 2 is 2.00 bits per heavy atom. The number of rotatable bonds is 3. The average Bonchev–Trinajstić information content (AvgIpc) is 2.47. The fourth-order valence-electron chi connectivity index (χ4n) is 3.09. The number of hydrogen-bond acceptors (Lipinski definition) is 4. The van der Waals surface area contributed by atoms with Gasteiger partial charge >= 0.3 is 0 Å². The molecule has 0 aromatic heterocycles. The maximum Gasteiger partial charge on any atom is 0.161 e. The van der Waals surface area contributed by atoms with E-state index < -0.39 is 0 Å². The Hall–Kier alpha value is -1.26. The van der Waals surface area contributed by atoms with E-state index in [1.54, 1.807) is 0 Å². The first kappa shape index (κ1) is 13.7. The van der Waals surface area contributed by atoms with Crippen LogP contribution in [0.25, 0.3) is 0 Å². The number of aliphatic hydroxyl groups excluding tert-OH is 1. The van der Waals surface area contributed by atoms with E-state index in [-0.39, 0.29) is 12.1 Å². The summed E-state index contributed by atoms with van der Waals surface area (Å²) in [5.74, 6) is 1.67. The molecule has 1 heterocycles. The van der Waals surface area contributed by atoms with Gasteiger partial charge in [0.1, 0.15) is 13.2 Å². The first-order valence-corrected chi connectivity index (χ1v) is 7.56. The number of aliphatic hydroxyl groups is 1. The lowest BCUT2D eigenvalue weighted by Gasteiger charge is -2.30. The number of hydrogen-bond donors (Lipinski definition) is 2. The number of fused-ring (bicyclic) bond motifs is 1. The van der Waals surface area contributed by atoms with Crippen LogP contribution >= 0.6 is 0 Å². The van der Waals surface area contributed by atoms with E-state index in [9.17, 15) is 5.11 Å². The molecule has 1 aliphatic carbocycles. The summed E-state index contributed by atoms with van der Waals surface area (Å²) in [5, 5.41) is 13.4. The minimum absolute atomic E-state index is 0.145. The Balaban J connectivity index is 1.66. The second-order valence-corrected chi connectivity index (χ2v) is 5.81. The van der Waals surface area contributed by atoms with Gasteiger partial charge in [-0.15, -0.1) is 0 Å². The normalized spacial score (nSPS) is 27.1. The zero-order chi connectivity index (χ0) is 13.9. The molecule has 1 aromatic rings. The Morgan fingerprint density at radius 1 is 1.20 bits per heavy atom. The summed E-state index contributed by atoms with van der Waals surface area (Å²) in [4.78, 5) is 0. The molecule has 2 aliphatic rings. The molecule has 20 heavy (non-hydrogen) atoms. The topological polar surface area (TPSA) is 50.7 Å². The van der Waals surface area contributed by atoms with Crippen molar-refractivity contribution in [2.45, 2.75) is 50.8 Å². The SMILES string of the molecule is CC(NC1CCCC(O)C1)c1ccc2c(c1)OCCO2. The van der Waals surface area contributed by atoms with Gasteiger partial charge in [0.25, 0.3) is 0 Å². The minimum Gasteiger partial charge on any atom is -0.486 e. The second kappa shape index (κ2) is 6.02. The lowest BCUT2D eigenvalue weighted by molar-refractivity contribution is 0.109. The van der Waals surface area contributed by atoms with Crippen molar-refractivity contribution in [3.05, 3.63) is 23.8 Å². The smallest absolute Gasteiger partial charge is 0.161 e. The van der Waals surface area contributed by atoms with Crippen molar-refractivity contribution in [1.82, 2.24) is 5.32 Å². The van der Waals surface area contributed by atoms with Crippen LogP contribution in [0.1, 0.15) is 44.2 Å². The molecular formula is C16H23NO3. The molecule has 2 N–H and O–H groups in total. The van der Waals surface area contributed by atoms with Gasteiger partial charge < -0.3 is 19.9 Å². The lowest BCUT2D eigenvalue weighted by atomic mass is 9.92. The molecule has 4 heteroatoms. The molecule has 1 aliphatic heterocycles. The van der Waals surface area contributed by atoms with Gasteiger partial charge in [0.2, 0.25) is 0 Å². The van der Waals surface area contributed by atoms with Crippen LogP contribution in [0, 0.1) is 0 Å². The zero-order valence-corrected chi connectivity index (χ0v) is 12.0. The standard InChI is InChI=1S/C16H23NO3/c1-11(17-13-3-2-4-14(18)10-13)12-5-6-15-16(9-12)20-8-7-19-15/h5-6,9,11,13-14,17-18H,2-4,7-8,10H2,1H3. The van der Waals surface area contributed by atoms with Crippen molar-refractivity contribution in [3.63, 3.8) is 0 Å². The molecule has 0 bridgehead atoms. The van der Waals surface area contributed by atoms with Gasteiger partial charge in [-0.2, -0.15) is 0 Å². The first-order chi connectivity index (χ1) is 9.72. The maximum absolute atomic E-state index is 9.74. The summed E-state index contributed by atoms with van der Waals surface area (Å²) in [5.41, 5.74) is 1.20.